The van der Waals surface area contributed by atoms with Crippen molar-refractivity contribution in [1.29, 1.82) is 0 Å². The number of hydrogen-bond donors (Lipinski definition) is 1. The molecule has 1 aromatic carbocycles. The van der Waals surface area contributed by atoms with Crippen molar-refractivity contribution in [1.82, 2.24) is 4.98 Å². The van der Waals surface area contributed by atoms with Gasteiger partial charge in [0, 0.05) is 25.5 Å². The Labute approximate surface area is 200 Å². The van der Waals surface area contributed by atoms with Crippen molar-refractivity contribution in [2.45, 2.75) is 61.9 Å². The number of aromatic nitrogens is 1. The minimum atomic E-state index is -3.44. The van der Waals surface area contributed by atoms with Crippen LogP contribution in [0.1, 0.15) is 62.0 Å². The van der Waals surface area contributed by atoms with E-state index in [1.165, 1.54) is 37.6 Å². The molecule has 0 spiro atoms. The predicted octanol–water partition coefficient (Wildman–Crippen LogP) is 4.07. The fourth-order valence-electron chi connectivity index (χ4n) is 3.99. The van der Waals surface area contributed by atoms with Crippen molar-refractivity contribution in [3.05, 3.63) is 53.7 Å². The number of pyridine rings is 1. The summed E-state index contributed by atoms with van der Waals surface area (Å²) in [5.41, 5.74) is 1.74. The first-order valence-corrected chi connectivity index (χ1v) is 13.4. The van der Waals surface area contributed by atoms with E-state index in [-0.39, 0.29) is 22.5 Å². The number of methoxy groups -OCH3 is 1. The Hall–Kier alpha value is -2.78. The first-order chi connectivity index (χ1) is 16.5. The Morgan fingerprint density at radius 1 is 1.09 bits per heavy atom. The summed E-state index contributed by atoms with van der Waals surface area (Å²) in [6, 6.07) is 9.94. The number of sulfone groups is 1. The maximum absolute atomic E-state index is 13.1. The Bertz CT molecular complexity index is 1100. The third-order valence-electron chi connectivity index (χ3n) is 6.14. The Balaban J connectivity index is 1.51. The molecule has 8 nitrogen and oxygen atoms in total. The van der Waals surface area contributed by atoms with Crippen LogP contribution in [-0.2, 0) is 24.2 Å². The van der Waals surface area contributed by atoms with Gasteiger partial charge in [0.05, 0.1) is 10.6 Å². The quantitative estimate of drug-likeness (QED) is 0.292. The van der Waals surface area contributed by atoms with Crippen LogP contribution in [0.25, 0.3) is 0 Å². The monoisotopic (exact) mass is 485 g/mol. The molecule has 1 aromatic heterocycles. The first kappa shape index (κ1) is 24.3. The molecular formula is C25H31N3O5S. The highest BCUT2D eigenvalue weighted by Crippen LogP contribution is 2.39. The Morgan fingerprint density at radius 3 is 2.44 bits per heavy atom. The van der Waals surface area contributed by atoms with E-state index in [0.29, 0.717) is 30.3 Å². The molecule has 2 aliphatic rings. The number of rotatable bonds is 11. The lowest BCUT2D eigenvalue weighted by Crippen LogP contribution is -2.25. The van der Waals surface area contributed by atoms with Crippen LogP contribution in [0, 0.1) is 0 Å². The summed E-state index contributed by atoms with van der Waals surface area (Å²) < 4.78 is 30.0. The van der Waals surface area contributed by atoms with E-state index in [9.17, 15) is 13.2 Å². The van der Waals surface area contributed by atoms with Gasteiger partial charge in [0.15, 0.2) is 15.5 Å². The van der Waals surface area contributed by atoms with Gasteiger partial charge in [-0.25, -0.2) is 13.4 Å². The molecule has 34 heavy (non-hydrogen) atoms. The topological polar surface area (TPSA) is 107 Å². The molecule has 0 unspecified atom stereocenters. The molecule has 2 fully saturated rings. The number of carbonyl (C=O) groups is 1. The van der Waals surface area contributed by atoms with E-state index >= 15 is 0 Å². The maximum Gasteiger partial charge on any atom is 0.279 e. The van der Waals surface area contributed by atoms with Crippen LogP contribution in [0.2, 0.25) is 0 Å². The molecule has 0 saturated heterocycles. The van der Waals surface area contributed by atoms with Crippen LogP contribution >= 0.6 is 0 Å². The first-order valence-electron chi connectivity index (χ1n) is 11.8. The molecule has 2 aromatic rings. The molecule has 1 heterocycles. The molecule has 4 rings (SSSR count). The molecule has 1 amide bonds. The molecule has 182 valence electrons. The smallest absolute Gasteiger partial charge is 0.279 e. The highest BCUT2D eigenvalue weighted by Gasteiger charge is 2.24. The van der Waals surface area contributed by atoms with Crippen LogP contribution in [0.4, 0.5) is 5.82 Å². The lowest BCUT2D eigenvalue weighted by molar-refractivity contribution is -0.110. The molecule has 0 aliphatic heterocycles. The molecule has 2 aliphatic carbocycles. The van der Waals surface area contributed by atoms with Crippen LogP contribution in [0.5, 0.6) is 0 Å². The number of benzene rings is 1. The lowest BCUT2D eigenvalue weighted by atomic mass is 10.1. The summed E-state index contributed by atoms with van der Waals surface area (Å²) >= 11 is 0. The highest BCUT2D eigenvalue weighted by molar-refractivity contribution is 7.91. The number of amides is 1. The number of anilines is 1. The molecule has 1 N–H and O–H groups in total. The van der Waals surface area contributed by atoms with Gasteiger partial charge in [-0.05, 0) is 74.6 Å². The highest BCUT2D eigenvalue weighted by atomic mass is 32.2. The zero-order valence-electron chi connectivity index (χ0n) is 19.4. The molecule has 9 heteroatoms. The fourth-order valence-corrected chi connectivity index (χ4v) is 5.27. The van der Waals surface area contributed by atoms with Crippen molar-refractivity contribution >= 4 is 27.3 Å². The van der Waals surface area contributed by atoms with E-state index in [1.807, 2.05) is 6.07 Å². The zero-order valence-corrected chi connectivity index (χ0v) is 20.2. The average molecular weight is 486 g/mol. The lowest BCUT2D eigenvalue weighted by Gasteiger charge is -2.12. The van der Waals surface area contributed by atoms with Crippen LogP contribution < -0.4 is 5.32 Å². The number of carbonyl (C=O) groups excluding carboxylic acids is 1. The van der Waals surface area contributed by atoms with E-state index in [2.05, 4.69) is 15.5 Å². The van der Waals surface area contributed by atoms with E-state index < -0.39 is 15.7 Å². The van der Waals surface area contributed by atoms with Crippen molar-refractivity contribution in [2.75, 3.05) is 24.8 Å². The molecule has 2 saturated carbocycles. The van der Waals surface area contributed by atoms with Crippen LogP contribution in [-0.4, -0.2) is 50.6 Å². The summed E-state index contributed by atoms with van der Waals surface area (Å²) in [5.74, 6) is 0.550. The summed E-state index contributed by atoms with van der Waals surface area (Å²) in [5, 5.41) is 6.98. The minimum Gasteiger partial charge on any atom is -0.392 e. The summed E-state index contributed by atoms with van der Waals surface area (Å²) in [4.78, 5) is 23.3. The molecular weight excluding hydrogens is 454 g/mol. The van der Waals surface area contributed by atoms with Gasteiger partial charge < -0.3 is 14.9 Å². The summed E-state index contributed by atoms with van der Waals surface area (Å²) in [6.07, 6.45) is 8.52. The normalized spacial score (nSPS) is 17.0. The van der Waals surface area contributed by atoms with Gasteiger partial charge in [-0.15, -0.1) is 0 Å². The maximum atomic E-state index is 13.1. The fraction of sp³-hybridized carbons (Fsp3) is 0.480. The van der Waals surface area contributed by atoms with Crippen LogP contribution in [0.15, 0.2) is 52.6 Å². The van der Waals surface area contributed by atoms with Gasteiger partial charge in [0.1, 0.15) is 11.9 Å². The number of oxime groups is 1. The van der Waals surface area contributed by atoms with Crippen molar-refractivity contribution < 1.29 is 22.8 Å². The van der Waals surface area contributed by atoms with Gasteiger partial charge >= 0.3 is 0 Å². The van der Waals surface area contributed by atoms with E-state index in [1.54, 1.807) is 24.4 Å². The van der Waals surface area contributed by atoms with E-state index in [4.69, 9.17) is 9.57 Å². The van der Waals surface area contributed by atoms with Crippen molar-refractivity contribution in [2.24, 2.45) is 5.16 Å². The number of nitrogens with zero attached hydrogens (tertiary/aromatic N) is 2. The van der Waals surface area contributed by atoms with Crippen molar-refractivity contribution in [3.63, 3.8) is 0 Å². The minimum absolute atomic E-state index is 0.00503. The largest absolute Gasteiger partial charge is 0.392 e. The Morgan fingerprint density at radius 2 is 1.82 bits per heavy atom. The summed E-state index contributed by atoms with van der Waals surface area (Å²) in [6.45, 7) is 0.377. The third-order valence-corrected chi connectivity index (χ3v) is 7.95. The van der Waals surface area contributed by atoms with Crippen LogP contribution in [0.3, 0.4) is 0 Å². The number of nitrogens with one attached hydrogen (secondary N) is 1. The standard InChI is InChI=1S/C25H31N3O5S/c1-32-15-4-16-34(30,31)22-12-9-19(10-13-22)24(28-33-21-5-2-3-6-21)25(29)27-23-14-11-20(17-26-23)18-7-8-18/h9-14,17-18,21H,2-8,15-16H2,1H3,(H,26,27,29). The third kappa shape index (κ3) is 6.42. The number of hydrogen-bond acceptors (Lipinski definition) is 7. The van der Waals surface area contributed by atoms with Gasteiger partial charge in [-0.3, -0.25) is 4.79 Å². The molecule has 0 radical (unpaired) electrons. The molecule has 0 atom stereocenters. The SMILES string of the molecule is COCCCS(=O)(=O)c1ccc(C(=NOC2CCCC2)C(=O)Nc2ccc(C3CC3)cn2)cc1. The van der Waals surface area contributed by atoms with Gasteiger partial charge in [0.2, 0.25) is 0 Å². The second-order valence-corrected chi connectivity index (χ2v) is 11.0. The van der Waals surface area contributed by atoms with Gasteiger partial charge in [0.25, 0.3) is 5.91 Å². The number of ether oxygens (including phenoxy) is 1. The van der Waals surface area contributed by atoms with Gasteiger partial charge in [-0.1, -0.05) is 23.4 Å². The Kier molecular flexibility index (Phi) is 7.95. The predicted molar refractivity (Wildman–Crippen MR) is 130 cm³/mol. The van der Waals surface area contributed by atoms with Gasteiger partial charge in [-0.2, -0.15) is 0 Å². The van der Waals surface area contributed by atoms with E-state index in [0.717, 1.165) is 25.7 Å². The second-order valence-electron chi connectivity index (χ2n) is 8.85. The average Bonchev–Trinajstić information content (AvgIpc) is 3.55. The summed E-state index contributed by atoms with van der Waals surface area (Å²) in [7, 11) is -1.90. The second kappa shape index (κ2) is 11.1. The molecule has 0 bridgehead atoms. The van der Waals surface area contributed by atoms with Crippen molar-refractivity contribution in [3.8, 4) is 0 Å². The zero-order chi connectivity index (χ0) is 24.0.